The van der Waals surface area contributed by atoms with E-state index in [1.807, 2.05) is 84.9 Å². The van der Waals surface area contributed by atoms with E-state index in [-0.39, 0.29) is 16.4 Å². The summed E-state index contributed by atoms with van der Waals surface area (Å²) < 4.78 is 0.788. The Morgan fingerprint density at radius 2 is 1.61 bits per heavy atom. The quantitative estimate of drug-likeness (QED) is 0.266. The van der Waals surface area contributed by atoms with Gasteiger partial charge in [0.1, 0.15) is 0 Å². The van der Waals surface area contributed by atoms with Crippen molar-refractivity contribution in [1.82, 2.24) is 0 Å². The number of hydrogen-bond donors (Lipinski definition) is 2. The van der Waals surface area contributed by atoms with Crippen LogP contribution in [0.5, 0.6) is 5.06 Å². The minimum atomic E-state index is -0.286. The van der Waals surface area contributed by atoms with Gasteiger partial charge in [0, 0.05) is 21.7 Å². The van der Waals surface area contributed by atoms with E-state index in [9.17, 15) is 9.90 Å². The molecule has 31 heavy (non-hydrogen) atoms. The number of nitrogens with zero attached hydrogens (tertiary/aromatic N) is 1. The van der Waals surface area contributed by atoms with Crippen LogP contribution in [-0.2, 0) is 0 Å². The summed E-state index contributed by atoms with van der Waals surface area (Å²) in [7, 11) is 0. The van der Waals surface area contributed by atoms with Gasteiger partial charge in [-0.3, -0.25) is 10.2 Å². The van der Waals surface area contributed by atoms with Crippen molar-refractivity contribution in [2.45, 2.75) is 25.7 Å². The van der Waals surface area contributed by atoms with Crippen LogP contribution in [0.2, 0.25) is 0 Å². The molecule has 3 aromatic carbocycles. The second kappa shape index (κ2) is 9.58. The largest absolute Gasteiger partial charge is 0.499 e. The zero-order valence-electron chi connectivity index (χ0n) is 17.3. The lowest BCUT2D eigenvalue weighted by Crippen LogP contribution is -2.18. The molecule has 156 valence electrons. The Balaban J connectivity index is 1.77. The fourth-order valence-corrected chi connectivity index (χ4v) is 4.66. The summed E-state index contributed by atoms with van der Waals surface area (Å²) in [6.45, 7) is 2.05. The third-order valence-corrected chi connectivity index (χ3v) is 6.32. The Bertz CT molecular complexity index is 1250. The van der Waals surface area contributed by atoms with Crippen molar-refractivity contribution in [1.29, 1.82) is 0 Å². The Labute approximate surface area is 185 Å². The molecule has 0 unspecified atom stereocenters. The highest BCUT2D eigenvalue weighted by Crippen LogP contribution is 2.37. The van der Waals surface area contributed by atoms with Gasteiger partial charge in [0.15, 0.2) is 10.5 Å². The Morgan fingerprint density at radius 3 is 2.32 bits per heavy atom. The average Bonchev–Trinajstić information content (AvgIpc) is 2.82. The summed E-state index contributed by atoms with van der Waals surface area (Å²) in [4.78, 5) is 13.4. The molecular formula is C26H24N2O2S. The molecule has 0 aliphatic heterocycles. The summed E-state index contributed by atoms with van der Waals surface area (Å²) in [5.41, 5.74) is 6.25. The fraction of sp³-hybridized carbons (Fsp3) is 0.154. The normalized spacial score (nSPS) is 12.6. The zero-order valence-corrected chi connectivity index (χ0v) is 18.1. The van der Waals surface area contributed by atoms with Crippen molar-refractivity contribution in [3.05, 3.63) is 106 Å². The first kappa shape index (κ1) is 20.8. The number of hydrogen-bond acceptors (Lipinski definition) is 5. The Kier molecular flexibility index (Phi) is 6.43. The summed E-state index contributed by atoms with van der Waals surface area (Å²) in [6, 6.07) is 27.1. The van der Waals surface area contributed by atoms with Crippen LogP contribution in [0.15, 0.2) is 94.8 Å². The minimum Gasteiger partial charge on any atom is -0.499 e. The second-order valence-corrected chi connectivity index (χ2v) is 8.35. The van der Waals surface area contributed by atoms with Crippen molar-refractivity contribution < 1.29 is 5.11 Å². The molecule has 0 saturated heterocycles. The molecular weight excluding hydrogens is 404 g/mol. The molecule has 4 nitrogen and oxygen atoms in total. The van der Waals surface area contributed by atoms with Gasteiger partial charge in [-0.25, -0.2) is 0 Å². The molecule has 1 heterocycles. The first-order chi connectivity index (χ1) is 15.2. The molecule has 4 aromatic rings. The number of anilines is 1. The van der Waals surface area contributed by atoms with E-state index in [1.165, 1.54) is 11.3 Å². The molecule has 0 radical (unpaired) electrons. The Morgan fingerprint density at radius 1 is 0.968 bits per heavy atom. The van der Waals surface area contributed by atoms with Crippen LogP contribution < -0.4 is 10.9 Å². The number of hydrazone groups is 1. The fourth-order valence-electron chi connectivity index (χ4n) is 3.68. The van der Waals surface area contributed by atoms with E-state index >= 15 is 0 Å². The first-order valence-corrected chi connectivity index (χ1v) is 11.1. The van der Waals surface area contributed by atoms with E-state index in [0.29, 0.717) is 17.4 Å². The van der Waals surface area contributed by atoms with Crippen molar-refractivity contribution in [2.75, 3.05) is 5.43 Å². The molecule has 2 N–H and O–H groups in total. The zero-order chi connectivity index (χ0) is 21.6. The van der Waals surface area contributed by atoms with E-state index < -0.39 is 0 Å². The summed E-state index contributed by atoms with van der Waals surface area (Å²) in [5, 5.41) is 16.2. The van der Waals surface area contributed by atoms with Gasteiger partial charge >= 0.3 is 0 Å². The predicted octanol–water partition coefficient (Wildman–Crippen LogP) is 6.37. The maximum absolute atomic E-state index is 13.4. The lowest BCUT2D eigenvalue weighted by atomic mass is 9.86. The molecule has 4 rings (SSSR count). The van der Waals surface area contributed by atoms with Crippen molar-refractivity contribution in [2.24, 2.45) is 5.10 Å². The van der Waals surface area contributed by atoms with Gasteiger partial charge in [0.25, 0.3) is 0 Å². The minimum absolute atomic E-state index is 0.0732. The highest BCUT2D eigenvalue weighted by atomic mass is 32.1. The standard InChI is InChI=1S/C26H24N2O2S/c1-2-19(27-28-20-13-7-4-8-14-20)17-22(18-11-5-3-6-12-18)24-25(29)21-15-9-10-16-23(21)31-26(24)30/h3-16,22,28,30H,2,17H2,1H3/b27-19-/t22-/m0/s1. The number of aromatic hydroxyl groups is 1. The number of fused-ring (bicyclic) bond motifs is 1. The molecule has 0 saturated carbocycles. The van der Waals surface area contributed by atoms with Crippen LogP contribution >= 0.6 is 11.3 Å². The van der Waals surface area contributed by atoms with Gasteiger partial charge in [-0.15, -0.1) is 0 Å². The van der Waals surface area contributed by atoms with Crippen LogP contribution in [0.3, 0.4) is 0 Å². The first-order valence-electron chi connectivity index (χ1n) is 10.3. The smallest absolute Gasteiger partial charge is 0.195 e. The Hall–Kier alpha value is -3.44. The van der Waals surface area contributed by atoms with Crippen LogP contribution in [0.4, 0.5) is 5.69 Å². The predicted molar refractivity (Wildman–Crippen MR) is 130 cm³/mol. The summed E-state index contributed by atoms with van der Waals surface area (Å²) in [5.74, 6) is -0.286. The number of nitrogens with one attached hydrogen (secondary N) is 1. The molecule has 0 spiro atoms. The van der Waals surface area contributed by atoms with Gasteiger partial charge in [-0.1, -0.05) is 78.9 Å². The van der Waals surface area contributed by atoms with Crippen LogP contribution in [0, 0.1) is 0 Å². The van der Waals surface area contributed by atoms with Gasteiger partial charge in [0.2, 0.25) is 0 Å². The lowest BCUT2D eigenvalue weighted by Gasteiger charge is -2.19. The maximum atomic E-state index is 13.4. The van der Waals surface area contributed by atoms with Crippen LogP contribution in [-0.4, -0.2) is 10.8 Å². The maximum Gasteiger partial charge on any atom is 0.195 e. The summed E-state index contributed by atoms with van der Waals surface area (Å²) in [6.07, 6.45) is 1.27. The number of para-hydroxylation sites is 1. The van der Waals surface area contributed by atoms with Gasteiger partial charge in [-0.2, -0.15) is 5.10 Å². The molecule has 0 bridgehead atoms. The summed E-state index contributed by atoms with van der Waals surface area (Å²) >= 11 is 1.25. The second-order valence-electron chi connectivity index (χ2n) is 7.32. The van der Waals surface area contributed by atoms with Gasteiger partial charge in [0.05, 0.1) is 11.3 Å². The molecule has 0 aliphatic carbocycles. The molecule has 1 aromatic heterocycles. The highest BCUT2D eigenvalue weighted by molar-refractivity contribution is 7.20. The van der Waals surface area contributed by atoms with E-state index in [2.05, 4.69) is 17.5 Å². The lowest BCUT2D eigenvalue weighted by molar-refractivity contribution is 0.479. The van der Waals surface area contributed by atoms with Gasteiger partial charge < -0.3 is 5.11 Å². The highest BCUT2D eigenvalue weighted by Gasteiger charge is 2.24. The van der Waals surface area contributed by atoms with Crippen molar-refractivity contribution in [3.63, 3.8) is 0 Å². The monoisotopic (exact) mass is 428 g/mol. The van der Waals surface area contributed by atoms with E-state index in [0.717, 1.165) is 28.1 Å². The molecule has 1 atom stereocenters. The third-order valence-electron chi connectivity index (χ3n) is 5.33. The number of rotatable bonds is 7. The average molecular weight is 429 g/mol. The van der Waals surface area contributed by atoms with Crippen LogP contribution in [0.25, 0.3) is 10.1 Å². The number of benzene rings is 3. The molecule has 0 aliphatic rings. The molecule has 5 heteroatoms. The SMILES string of the molecule is CC/C(C[C@@H](c1ccccc1)c1c(O)sc2ccccc2c1=O)=N/Nc1ccccc1. The van der Waals surface area contributed by atoms with Crippen molar-refractivity contribution in [3.8, 4) is 5.06 Å². The molecule has 0 amide bonds. The van der Waals surface area contributed by atoms with Crippen molar-refractivity contribution >= 4 is 32.8 Å². The third kappa shape index (κ3) is 4.67. The van der Waals surface area contributed by atoms with Gasteiger partial charge in [-0.05, 0) is 42.7 Å². The topological polar surface area (TPSA) is 61.7 Å². The van der Waals surface area contributed by atoms with E-state index in [4.69, 9.17) is 0 Å². The van der Waals surface area contributed by atoms with Crippen LogP contribution in [0.1, 0.15) is 36.8 Å². The van der Waals surface area contributed by atoms with E-state index in [1.54, 1.807) is 0 Å². The molecule has 0 fully saturated rings.